The van der Waals surface area contributed by atoms with Crippen molar-refractivity contribution in [3.63, 3.8) is 0 Å². The lowest BCUT2D eigenvalue weighted by Crippen LogP contribution is -2.18. The summed E-state index contributed by atoms with van der Waals surface area (Å²) in [5.74, 6) is 0. The highest BCUT2D eigenvalue weighted by molar-refractivity contribution is 5.69. The Labute approximate surface area is 95.3 Å². The van der Waals surface area contributed by atoms with Crippen molar-refractivity contribution in [2.75, 3.05) is 0 Å². The Kier molecular flexibility index (Phi) is 5.70. The molecular weight excluding hydrogens is 204 g/mol. The molecule has 0 aliphatic heterocycles. The summed E-state index contributed by atoms with van der Waals surface area (Å²) in [5.41, 5.74) is 3.25. The van der Waals surface area contributed by atoms with E-state index in [0.717, 1.165) is 18.4 Å². The summed E-state index contributed by atoms with van der Waals surface area (Å²) < 4.78 is 4.94. The Morgan fingerprint density at radius 3 is 2.88 bits per heavy atom. The van der Waals surface area contributed by atoms with Crippen molar-refractivity contribution in [1.29, 1.82) is 0 Å². The van der Waals surface area contributed by atoms with E-state index in [0.29, 0.717) is 0 Å². The van der Waals surface area contributed by atoms with E-state index in [1.54, 1.807) is 6.21 Å². The minimum Gasteiger partial charge on any atom is -0.443 e. The molecule has 86 valence electrons. The Morgan fingerprint density at radius 1 is 1.44 bits per heavy atom. The molecule has 0 saturated heterocycles. The molecule has 0 fully saturated rings. The van der Waals surface area contributed by atoms with Crippen molar-refractivity contribution in [3.05, 3.63) is 35.9 Å². The highest BCUT2D eigenvalue weighted by Crippen LogP contribution is 2.00. The average Bonchev–Trinajstić information content (AvgIpc) is 2.33. The number of unbranched alkanes of at least 4 members (excludes halogenated alkanes) is 1. The zero-order chi connectivity index (χ0) is 11.6. The Bertz CT molecular complexity index is 336. The standard InChI is InChI=1S/C12H16N2O2/c1-2-3-9-13-14-12(15)16-10-11-7-5-4-6-8-11/h4-9H,2-3,10H2,1H3,(H,14,15)/b13-9+. The molecule has 0 aliphatic carbocycles. The number of benzene rings is 1. The molecule has 16 heavy (non-hydrogen) atoms. The first-order valence-corrected chi connectivity index (χ1v) is 5.31. The lowest BCUT2D eigenvalue weighted by atomic mass is 10.2. The van der Waals surface area contributed by atoms with Gasteiger partial charge in [-0.3, -0.25) is 0 Å². The van der Waals surface area contributed by atoms with Gasteiger partial charge in [-0.05, 0) is 12.0 Å². The second-order valence-corrected chi connectivity index (χ2v) is 3.27. The fraction of sp³-hybridized carbons (Fsp3) is 0.333. The van der Waals surface area contributed by atoms with Crippen molar-refractivity contribution in [1.82, 2.24) is 5.43 Å². The van der Waals surface area contributed by atoms with Crippen LogP contribution in [0, 0.1) is 0 Å². The monoisotopic (exact) mass is 220 g/mol. The molecule has 1 aromatic carbocycles. The maximum absolute atomic E-state index is 11.1. The molecular formula is C12H16N2O2. The van der Waals surface area contributed by atoms with Crippen LogP contribution in [0.3, 0.4) is 0 Å². The van der Waals surface area contributed by atoms with Crippen LogP contribution in [-0.4, -0.2) is 12.3 Å². The largest absolute Gasteiger partial charge is 0.443 e. The molecule has 0 bridgehead atoms. The summed E-state index contributed by atoms with van der Waals surface area (Å²) in [6.45, 7) is 2.30. The summed E-state index contributed by atoms with van der Waals surface area (Å²) in [7, 11) is 0. The predicted molar refractivity (Wildman–Crippen MR) is 63.2 cm³/mol. The predicted octanol–water partition coefficient (Wildman–Crippen LogP) is 2.70. The topological polar surface area (TPSA) is 50.7 Å². The van der Waals surface area contributed by atoms with Gasteiger partial charge in [0.1, 0.15) is 6.61 Å². The van der Waals surface area contributed by atoms with Gasteiger partial charge in [-0.2, -0.15) is 5.10 Å². The first-order valence-electron chi connectivity index (χ1n) is 5.31. The number of carbonyl (C=O) groups excluding carboxylic acids is 1. The number of ether oxygens (including phenoxy) is 1. The van der Waals surface area contributed by atoms with Gasteiger partial charge in [-0.25, -0.2) is 10.2 Å². The van der Waals surface area contributed by atoms with E-state index in [2.05, 4.69) is 10.5 Å². The lowest BCUT2D eigenvalue weighted by Gasteiger charge is -2.03. The third kappa shape index (κ3) is 5.14. The lowest BCUT2D eigenvalue weighted by molar-refractivity contribution is 0.140. The van der Waals surface area contributed by atoms with Gasteiger partial charge < -0.3 is 4.74 Å². The first kappa shape index (κ1) is 12.2. The molecule has 0 aliphatic rings. The first-order chi connectivity index (χ1) is 7.83. The summed E-state index contributed by atoms with van der Waals surface area (Å²) in [5, 5.41) is 3.72. The van der Waals surface area contributed by atoms with Crippen LogP contribution in [0.4, 0.5) is 4.79 Å². The number of amides is 1. The summed E-state index contributed by atoms with van der Waals surface area (Å²) in [6.07, 6.45) is 2.98. The molecule has 0 unspecified atom stereocenters. The Balaban J connectivity index is 2.20. The van der Waals surface area contributed by atoms with E-state index >= 15 is 0 Å². The van der Waals surface area contributed by atoms with Crippen molar-refractivity contribution >= 4 is 12.3 Å². The smallest absolute Gasteiger partial charge is 0.428 e. The molecule has 0 radical (unpaired) electrons. The van der Waals surface area contributed by atoms with Gasteiger partial charge in [-0.15, -0.1) is 0 Å². The molecule has 1 rings (SSSR count). The van der Waals surface area contributed by atoms with Gasteiger partial charge in [0.25, 0.3) is 0 Å². The van der Waals surface area contributed by atoms with Gasteiger partial charge in [-0.1, -0.05) is 43.7 Å². The number of hydrogen-bond donors (Lipinski definition) is 1. The number of hydrazone groups is 1. The van der Waals surface area contributed by atoms with Gasteiger partial charge in [0, 0.05) is 6.21 Å². The minimum atomic E-state index is -0.531. The average molecular weight is 220 g/mol. The number of hydrogen-bond acceptors (Lipinski definition) is 3. The van der Waals surface area contributed by atoms with E-state index in [4.69, 9.17) is 4.74 Å². The van der Waals surface area contributed by atoms with Gasteiger partial charge in [0.05, 0.1) is 0 Å². The van der Waals surface area contributed by atoms with Gasteiger partial charge >= 0.3 is 6.09 Å². The van der Waals surface area contributed by atoms with Crippen LogP contribution in [0.5, 0.6) is 0 Å². The van der Waals surface area contributed by atoms with E-state index in [9.17, 15) is 4.79 Å². The Hall–Kier alpha value is -1.84. The third-order valence-corrected chi connectivity index (χ3v) is 1.88. The van der Waals surface area contributed by atoms with Crippen LogP contribution in [0.1, 0.15) is 25.3 Å². The van der Waals surface area contributed by atoms with Crippen LogP contribution in [-0.2, 0) is 11.3 Å². The van der Waals surface area contributed by atoms with E-state index in [1.807, 2.05) is 37.3 Å². The van der Waals surface area contributed by atoms with Crippen molar-refractivity contribution in [2.45, 2.75) is 26.4 Å². The van der Waals surface area contributed by atoms with Crippen molar-refractivity contribution in [3.8, 4) is 0 Å². The minimum absolute atomic E-state index is 0.260. The van der Waals surface area contributed by atoms with Crippen LogP contribution in [0.2, 0.25) is 0 Å². The third-order valence-electron chi connectivity index (χ3n) is 1.88. The van der Waals surface area contributed by atoms with Gasteiger partial charge in [0.2, 0.25) is 0 Å². The van der Waals surface area contributed by atoms with Crippen LogP contribution < -0.4 is 5.43 Å². The number of carbonyl (C=O) groups is 1. The molecule has 4 nitrogen and oxygen atoms in total. The summed E-state index contributed by atoms with van der Waals surface area (Å²) >= 11 is 0. The molecule has 4 heteroatoms. The van der Waals surface area contributed by atoms with Crippen molar-refractivity contribution < 1.29 is 9.53 Å². The normalized spacial score (nSPS) is 10.3. The van der Waals surface area contributed by atoms with E-state index in [-0.39, 0.29) is 6.61 Å². The number of rotatable bonds is 5. The molecule has 1 N–H and O–H groups in total. The fourth-order valence-corrected chi connectivity index (χ4v) is 1.05. The quantitative estimate of drug-likeness (QED) is 0.612. The molecule has 1 aromatic rings. The molecule has 0 saturated carbocycles. The molecule has 1 amide bonds. The fourth-order valence-electron chi connectivity index (χ4n) is 1.05. The maximum Gasteiger partial charge on any atom is 0.428 e. The SMILES string of the molecule is CCC/C=N/NC(=O)OCc1ccccc1. The van der Waals surface area contributed by atoms with E-state index in [1.165, 1.54) is 0 Å². The highest BCUT2D eigenvalue weighted by Gasteiger charge is 1.99. The highest BCUT2D eigenvalue weighted by atomic mass is 16.5. The van der Waals surface area contributed by atoms with E-state index < -0.39 is 6.09 Å². The zero-order valence-electron chi connectivity index (χ0n) is 9.35. The second kappa shape index (κ2) is 7.45. The maximum atomic E-state index is 11.1. The van der Waals surface area contributed by atoms with Crippen LogP contribution >= 0.6 is 0 Å². The van der Waals surface area contributed by atoms with Gasteiger partial charge in [0.15, 0.2) is 0 Å². The number of nitrogens with one attached hydrogen (secondary N) is 1. The number of nitrogens with zero attached hydrogens (tertiary/aromatic N) is 1. The summed E-state index contributed by atoms with van der Waals surface area (Å²) in [6, 6.07) is 9.51. The molecule has 0 spiro atoms. The zero-order valence-corrected chi connectivity index (χ0v) is 9.35. The molecule has 0 atom stereocenters. The molecule has 0 heterocycles. The second-order valence-electron chi connectivity index (χ2n) is 3.27. The molecule has 0 aromatic heterocycles. The Morgan fingerprint density at radius 2 is 2.19 bits per heavy atom. The van der Waals surface area contributed by atoms with Crippen LogP contribution in [0.25, 0.3) is 0 Å². The van der Waals surface area contributed by atoms with Crippen LogP contribution in [0.15, 0.2) is 35.4 Å². The van der Waals surface area contributed by atoms with Crippen molar-refractivity contribution in [2.24, 2.45) is 5.10 Å². The summed E-state index contributed by atoms with van der Waals surface area (Å²) in [4.78, 5) is 11.1.